The van der Waals surface area contributed by atoms with Crippen molar-refractivity contribution >= 4 is 5.97 Å². The lowest BCUT2D eigenvalue weighted by molar-refractivity contribution is -0.149. The number of halogens is 2. The fourth-order valence-corrected chi connectivity index (χ4v) is 2.43. The standard InChI is InChI=1S/C13H15F2NO2/c14-10-3-8(4-11(15)5-10)6-13(7-16,12(17)18)9-1-2-9/h3-5,9H,1-2,6-7,16H2,(H,17,18). The van der Waals surface area contributed by atoms with Crippen LogP contribution >= 0.6 is 0 Å². The van der Waals surface area contributed by atoms with Crippen molar-refractivity contribution in [3.63, 3.8) is 0 Å². The minimum Gasteiger partial charge on any atom is -0.481 e. The first-order valence-corrected chi connectivity index (χ1v) is 5.86. The van der Waals surface area contributed by atoms with Gasteiger partial charge in [0.15, 0.2) is 0 Å². The van der Waals surface area contributed by atoms with E-state index in [1.54, 1.807) is 0 Å². The van der Waals surface area contributed by atoms with E-state index in [1.165, 1.54) is 12.1 Å². The maximum absolute atomic E-state index is 13.1. The monoisotopic (exact) mass is 255 g/mol. The van der Waals surface area contributed by atoms with Gasteiger partial charge >= 0.3 is 5.97 Å². The van der Waals surface area contributed by atoms with E-state index < -0.39 is 23.0 Å². The van der Waals surface area contributed by atoms with Crippen LogP contribution in [0, 0.1) is 23.0 Å². The number of rotatable bonds is 5. The van der Waals surface area contributed by atoms with Gasteiger partial charge in [0.2, 0.25) is 0 Å². The molecule has 3 N–H and O–H groups in total. The fourth-order valence-electron chi connectivity index (χ4n) is 2.43. The molecule has 1 atom stereocenters. The van der Waals surface area contributed by atoms with Gasteiger partial charge in [-0.3, -0.25) is 4.79 Å². The highest BCUT2D eigenvalue weighted by atomic mass is 19.1. The Kier molecular flexibility index (Phi) is 3.34. The second-order valence-corrected chi connectivity index (χ2v) is 4.89. The Hall–Kier alpha value is -1.49. The molecule has 98 valence electrons. The zero-order valence-corrected chi connectivity index (χ0v) is 9.83. The number of carboxylic acid groups (broad SMARTS) is 1. The summed E-state index contributed by atoms with van der Waals surface area (Å²) in [7, 11) is 0. The third-order valence-corrected chi connectivity index (χ3v) is 3.59. The van der Waals surface area contributed by atoms with E-state index >= 15 is 0 Å². The largest absolute Gasteiger partial charge is 0.481 e. The Labute approximate surface area is 104 Å². The number of nitrogens with two attached hydrogens (primary N) is 1. The van der Waals surface area contributed by atoms with E-state index in [0.29, 0.717) is 5.56 Å². The average molecular weight is 255 g/mol. The Morgan fingerprint density at radius 1 is 1.33 bits per heavy atom. The summed E-state index contributed by atoms with van der Waals surface area (Å²) >= 11 is 0. The number of hydrogen-bond donors (Lipinski definition) is 2. The van der Waals surface area contributed by atoms with Crippen LogP contribution in [0.3, 0.4) is 0 Å². The van der Waals surface area contributed by atoms with E-state index in [2.05, 4.69) is 0 Å². The van der Waals surface area contributed by atoms with Gasteiger partial charge in [0, 0.05) is 12.6 Å². The van der Waals surface area contributed by atoms with Gasteiger partial charge in [-0.25, -0.2) is 8.78 Å². The van der Waals surface area contributed by atoms with Crippen LogP contribution in [0.5, 0.6) is 0 Å². The lowest BCUT2D eigenvalue weighted by Gasteiger charge is -2.28. The van der Waals surface area contributed by atoms with E-state index in [9.17, 15) is 18.7 Å². The van der Waals surface area contributed by atoms with Gasteiger partial charge in [0.1, 0.15) is 11.6 Å². The molecule has 0 spiro atoms. The summed E-state index contributed by atoms with van der Waals surface area (Å²) in [5, 5.41) is 9.37. The van der Waals surface area contributed by atoms with Gasteiger partial charge in [0.05, 0.1) is 5.41 Å². The molecule has 1 unspecified atom stereocenters. The molecular formula is C13H15F2NO2. The summed E-state index contributed by atoms with van der Waals surface area (Å²) < 4.78 is 26.2. The first-order valence-electron chi connectivity index (χ1n) is 5.86. The van der Waals surface area contributed by atoms with Crippen LogP contribution in [0.15, 0.2) is 18.2 Å². The molecule has 2 rings (SSSR count). The van der Waals surface area contributed by atoms with Gasteiger partial charge in [0.25, 0.3) is 0 Å². The van der Waals surface area contributed by atoms with Crippen molar-refractivity contribution in [3.05, 3.63) is 35.4 Å². The van der Waals surface area contributed by atoms with Crippen LogP contribution < -0.4 is 5.73 Å². The second-order valence-electron chi connectivity index (χ2n) is 4.89. The normalized spacial score (nSPS) is 18.4. The summed E-state index contributed by atoms with van der Waals surface area (Å²) in [5.41, 5.74) is 4.85. The van der Waals surface area contributed by atoms with Gasteiger partial charge in [-0.2, -0.15) is 0 Å². The highest BCUT2D eigenvalue weighted by Crippen LogP contribution is 2.47. The van der Waals surface area contributed by atoms with Crippen molar-refractivity contribution in [2.75, 3.05) is 6.54 Å². The van der Waals surface area contributed by atoms with Gasteiger partial charge in [-0.1, -0.05) is 0 Å². The molecule has 0 saturated heterocycles. The van der Waals surface area contributed by atoms with Crippen LogP contribution in [0.2, 0.25) is 0 Å². The summed E-state index contributed by atoms with van der Waals surface area (Å²) in [6, 6.07) is 3.10. The van der Waals surface area contributed by atoms with Crippen LogP contribution in [-0.2, 0) is 11.2 Å². The van der Waals surface area contributed by atoms with Crippen LogP contribution in [0.1, 0.15) is 18.4 Å². The molecule has 18 heavy (non-hydrogen) atoms. The minimum atomic E-state index is -1.10. The lowest BCUT2D eigenvalue weighted by atomic mass is 9.77. The molecule has 5 heteroatoms. The number of carbonyl (C=O) groups is 1. The highest BCUT2D eigenvalue weighted by molar-refractivity contribution is 5.76. The Morgan fingerprint density at radius 3 is 2.28 bits per heavy atom. The molecule has 1 fully saturated rings. The maximum Gasteiger partial charge on any atom is 0.311 e. The molecule has 1 aromatic carbocycles. The Morgan fingerprint density at radius 2 is 1.89 bits per heavy atom. The van der Waals surface area contributed by atoms with E-state index in [1.807, 2.05) is 0 Å². The van der Waals surface area contributed by atoms with E-state index in [4.69, 9.17) is 5.73 Å². The van der Waals surface area contributed by atoms with Crippen molar-refractivity contribution in [2.45, 2.75) is 19.3 Å². The van der Waals surface area contributed by atoms with Crippen molar-refractivity contribution < 1.29 is 18.7 Å². The topological polar surface area (TPSA) is 63.3 Å². The number of benzene rings is 1. The third kappa shape index (κ3) is 2.36. The lowest BCUT2D eigenvalue weighted by Crippen LogP contribution is -2.42. The molecule has 0 aromatic heterocycles. The molecule has 3 nitrogen and oxygen atoms in total. The third-order valence-electron chi connectivity index (χ3n) is 3.59. The maximum atomic E-state index is 13.1. The first kappa shape index (κ1) is 13.0. The fraction of sp³-hybridized carbons (Fsp3) is 0.462. The van der Waals surface area contributed by atoms with Crippen molar-refractivity contribution in [3.8, 4) is 0 Å². The molecule has 0 radical (unpaired) electrons. The van der Waals surface area contributed by atoms with Gasteiger partial charge < -0.3 is 10.8 Å². The molecule has 1 saturated carbocycles. The molecule has 1 aromatic rings. The zero-order chi connectivity index (χ0) is 13.3. The first-order chi connectivity index (χ1) is 8.48. The molecule has 0 amide bonds. The van der Waals surface area contributed by atoms with Crippen LogP contribution in [-0.4, -0.2) is 17.6 Å². The predicted molar refractivity (Wildman–Crippen MR) is 61.9 cm³/mol. The number of hydrogen-bond acceptors (Lipinski definition) is 2. The quantitative estimate of drug-likeness (QED) is 0.845. The smallest absolute Gasteiger partial charge is 0.311 e. The Bertz CT molecular complexity index is 454. The van der Waals surface area contributed by atoms with Crippen LogP contribution in [0.4, 0.5) is 8.78 Å². The summed E-state index contributed by atoms with van der Waals surface area (Å²) in [6.45, 7) is -0.0227. The van der Waals surface area contributed by atoms with Crippen molar-refractivity contribution in [1.29, 1.82) is 0 Å². The molecule has 1 aliphatic rings. The molecule has 0 bridgehead atoms. The van der Waals surface area contributed by atoms with Gasteiger partial charge in [-0.15, -0.1) is 0 Å². The van der Waals surface area contributed by atoms with E-state index in [0.717, 1.165) is 18.9 Å². The molecule has 1 aliphatic carbocycles. The number of aliphatic carboxylic acids is 1. The van der Waals surface area contributed by atoms with Crippen LogP contribution in [0.25, 0.3) is 0 Å². The Balaban J connectivity index is 2.31. The molecule has 0 heterocycles. The highest BCUT2D eigenvalue weighted by Gasteiger charge is 2.50. The minimum absolute atomic E-state index is 0.00586. The van der Waals surface area contributed by atoms with Gasteiger partial charge in [-0.05, 0) is 42.9 Å². The summed E-state index contributed by atoms with van der Waals surface area (Å²) in [6.07, 6.45) is 1.68. The molecule has 0 aliphatic heterocycles. The predicted octanol–water partition coefficient (Wildman–Crippen LogP) is 1.95. The van der Waals surface area contributed by atoms with Crippen molar-refractivity contribution in [2.24, 2.45) is 17.1 Å². The summed E-state index contributed by atoms with van der Waals surface area (Å²) in [4.78, 5) is 11.4. The second kappa shape index (κ2) is 4.65. The number of carboxylic acids is 1. The summed E-state index contributed by atoms with van der Waals surface area (Å²) in [5.74, 6) is -2.38. The average Bonchev–Trinajstić information content (AvgIpc) is 3.08. The van der Waals surface area contributed by atoms with Crippen molar-refractivity contribution in [1.82, 2.24) is 0 Å². The SMILES string of the molecule is NCC(Cc1cc(F)cc(F)c1)(C(=O)O)C1CC1. The zero-order valence-electron chi connectivity index (χ0n) is 9.83. The molecular weight excluding hydrogens is 240 g/mol. The van der Waals surface area contributed by atoms with E-state index in [-0.39, 0.29) is 18.9 Å².